The van der Waals surface area contributed by atoms with Gasteiger partial charge in [0.2, 0.25) is 5.76 Å². The number of benzene rings is 1. The normalized spacial score (nSPS) is 10.3. The maximum atomic E-state index is 5.56. The Morgan fingerprint density at radius 1 is 1.31 bits per heavy atom. The van der Waals surface area contributed by atoms with Crippen molar-refractivity contribution in [3.63, 3.8) is 0 Å². The fourth-order valence-electron chi connectivity index (χ4n) is 1.39. The van der Waals surface area contributed by atoms with Gasteiger partial charge < -0.3 is 9.26 Å². The van der Waals surface area contributed by atoms with Crippen LogP contribution in [-0.4, -0.2) is 11.8 Å². The Morgan fingerprint density at radius 2 is 2.12 bits per heavy atom. The summed E-state index contributed by atoms with van der Waals surface area (Å²) in [6.07, 6.45) is 4.85. The summed E-state index contributed by atoms with van der Waals surface area (Å²) in [5, 5.41) is 3.65. The molecule has 1 aromatic carbocycles. The predicted molar refractivity (Wildman–Crippen MR) is 61.2 cm³/mol. The van der Waals surface area contributed by atoms with Gasteiger partial charge in [-0.1, -0.05) is 48.8 Å². The zero-order valence-electron chi connectivity index (χ0n) is 9.27. The lowest BCUT2D eigenvalue weighted by molar-refractivity contribution is 0.307. The van der Waals surface area contributed by atoms with Crippen LogP contribution in [0.3, 0.4) is 0 Å². The highest BCUT2D eigenvalue weighted by molar-refractivity contribution is 5.63. The minimum absolute atomic E-state index is 0.597. The second kappa shape index (κ2) is 5.35. The number of aromatic nitrogens is 1. The van der Waals surface area contributed by atoms with Crippen LogP contribution in [0.25, 0.3) is 11.3 Å². The quantitative estimate of drug-likeness (QED) is 0.719. The van der Waals surface area contributed by atoms with Crippen molar-refractivity contribution in [3.8, 4) is 17.1 Å². The minimum atomic E-state index is 0.597. The van der Waals surface area contributed by atoms with E-state index in [9.17, 15) is 0 Å². The molecule has 2 aromatic rings. The molecule has 3 heteroatoms. The van der Waals surface area contributed by atoms with Crippen molar-refractivity contribution < 1.29 is 9.26 Å². The highest BCUT2D eigenvalue weighted by Gasteiger charge is 2.11. The molecule has 0 unspecified atom stereocenters. The summed E-state index contributed by atoms with van der Waals surface area (Å²) in [6.45, 7) is 2.80. The molecule has 2 rings (SSSR count). The first kappa shape index (κ1) is 10.7. The number of unbranched alkanes of at least 4 members (excludes halogenated alkanes) is 1. The lowest BCUT2D eigenvalue weighted by Crippen LogP contribution is -1.96. The molecule has 0 saturated carbocycles. The Hall–Kier alpha value is -1.77. The lowest BCUT2D eigenvalue weighted by Gasteiger charge is -2.03. The Labute approximate surface area is 95.0 Å². The van der Waals surface area contributed by atoms with E-state index < -0.39 is 0 Å². The van der Waals surface area contributed by atoms with E-state index in [1.807, 2.05) is 30.3 Å². The van der Waals surface area contributed by atoms with Crippen LogP contribution in [0.1, 0.15) is 19.8 Å². The molecule has 0 spiro atoms. The largest absolute Gasteiger partial charge is 0.487 e. The van der Waals surface area contributed by atoms with Gasteiger partial charge in [0.1, 0.15) is 0 Å². The van der Waals surface area contributed by atoms with Crippen LogP contribution in [0.5, 0.6) is 5.75 Å². The molecule has 0 N–H and O–H groups in total. The van der Waals surface area contributed by atoms with Gasteiger partial charge in [-0.15, -0.1) is 0 Å². The lowest BCUT2D eigenvalue weighted by atomic mass is 10.2. The van der Waals surface area contributed by atoms with Crippen LogP contribution >= 0.6 is 0 Å². The molecule has 3 nitrogen and oxygen atoms in total. The molecule has 0 amide bonds. The fourth-order valence-corrected chi connectivity index (χ4v) is 1.39. The van der Waals surface area contributed by atoms with E-state index in [2.05, 4.69) is 18.3 Å². The summed E-state index contributed by atoms with van der Waals surface area (Å²) in [5.41, 5.74) is 0.961. The topological polar surface area (TPSA) is 35.3 Å². The van der Waals surface area contributed by atoms with Gasteiger partial charge in [-0.25, -0.2) is 0 Å². The molecule has 16 heavy (non-hydrogen) atoms. The van der Waals surface area contributed by atoms with Crippen LogP contribution in [-0.2, 0) is 0 Å². The molecule has 1 aromatic heterocycles. The fraction of sp³-hybridized carbons (Fsp3) is 0.308. The van der Waals surface area contributed by atoms with Crippen molar-refractivity contribution in [2.75, 3.05) is 6.61 Å². The molecule has 0 fully saturated rings. The highest BCUT2D eigenvalue weighted by atomic mass is 16.5. The zero-order chi connectivity index (χ0) is 11.2. The first-order chi connectivity index (χ1) is 7.92. The van der Waals surface area contributed by atoms with Crippen molar-refractivity contribution >= 4 is 0 Å². The predicted octanol–water partition coefficient (Wildman–Crippen LogP) is 3.32. The molecule has 1 radical (unpaired) electrons. The van der Waals surface area contributed by atoms with Crippen molar-refractivity contribution in [3.05, 3.63) is 36.5 Å². The standard InChI is InChI=1S/C13H14NO2/c1-2-3-9-15-12-10-14-16-13(12)11-7-5-4-6-8-11/h4-8H,2-3,9H2,1H3. The third kappa shape index (κ3) is 2.42. The van der Waals surface area contributed by atoms with E-state index in [1.54, 1.807) is 0 Å². The summed E-state index contributed by atoms with van der Waals surface area (Å²) < 4.78 is 10.7. The molecular weight excluding hydrogens is 202 g/mol. The number of ether oxygens (including phenoxy) is 1. The summed E-state index contributed by atoms with van der Waals surface area (Å²) in [5.74, 6) is 1.25. The van der Waals surface area contributed by atoms with Crippen molar-refractivity contribution in [2.24, 2.45) is 0 Å². The first-order valence-corrected chi connectivity index (χ1v) is 5.47. The van der Waals surface area contributed by atoms with Crippen LogP contribution < -0.4 is 4.74 Å². The van der Waals surface area contributed by atoms with E-state index >= 15 is 0 Å². The van der Waals surface area contributed by atoms with Gasteiger partial charge in [0.15, 0.2) is 11.9 Å². The van der Waals surface area contributed by atoms with E-state index in [1.165, 1.54) is 0 Å². The average molecular weight is 216 g/mol. The monoisotopic (exact) mass is 216 g/mol. The third-order valence-electron chi connectivity index (χ3n) is 2.27. The van der Waals surface area contributed by atoms with Gasteiger partial charge in [0.05, 0.1) is 6.61 Å². The van der Waals surface area contributed by atoms with Gasteiger partial charge in [0, 0.05) is 5.56 Å². The first-order valence-electron chi connectivity index (χ1n) is 5.47. The molecule has 1 heterocycles. The van der Waals surface area contributed by atoms with Crippen LogP contribution in [0.2, 0.25) is 0 Å². The molecule has 0 aliphatic rings. The molecule has 0 bridgehead atoms. The van der Waals surface area contributed by atoms with E-state index in [4.69, 9.17) is 9.26 Å². The second-order valence-corrected chi connectivity index (χ2v) is 3.52. The Morgan fingerprint density at radius 3 is 2.88 bits per heavy atom. The van der Waals surface area contributed by atoms with Crippen molar-refractivity contribution in [1.29, 1.82) is 0 Å². The second-order valence-electron chi connectivity index (χ2n) is 3.52. The Bertz CT molecular complexity index is 423. The maximum absolute atomic E-state index is 5.56. The van der Waals surface area contributed by atoms with Crippen LogP contribution in [0.15, 0.2) is 34.9 Å². The summed E-state index contributed by atoms with van der Waals surface area (Å²) >= 11 is 0. The summed E-state index contributed by atoms with van der Waals surface area (Å²) in [7, 11) is 0. The van der Waals surface area contributed by atoms with E-state index in [0.717, 1.165) is 18.4 Å². The summed E-state index contributed by atoms with van der Waals surface area (Å²) in [6, 6.07) is 9.78. The average Bonchev–Trinajstić information content (AvgIpc) is 2.79. The minimum Gasteiger partial charge on any atom is -0.487 e. The van der Waals surface area contributed by atoms with Gasteiger partial charge in [0.25, 0.3) is 0 Å². The zero-order valence-corrected chi connectivity index (χ0v) is 9.27. The molecular formula is C13H14NO2. The number of hydrogen-bond acceptors (Lipinski definition) is 3. The SMILES string of the molecule is CCCCOc1[c]noc1-c1ccccc1. The highest BCUT2D eigenvalue weighted by Crippen LogP contribution is 2.28. The maximum Gasteiger partial charge on any atom is 0.209 e. The van der Waals surface area contributed by atoms with E-state index in [0.29, 0.717) is 18.1 Å². The summed E-state index contributed by atoms with van der Waals surface area (Å²) in [4.78, 5) is 0. The third-order valence-corrected chi connectivity index (χ3v) is 2.27. The Kier molecular flexibility index (Phi) is 3.59. The molecule has 0 saturated heterocycles. The molecule has 0 aliphatic heterocycles. The van der Waals surface area contributed by atoms with Gasteiger partial charge in [-0.05, 0) is 6.42 Å². The molecule has 0 atom stereocenters. The Balaban J connectivity index is 2.13. The molecule has 83 valence electrons. The number of nitrogens with zero attached hydrogens (tertiary/aromatic N) is 1. The molecule has 0 aliphatic carbocycles. The van der Waals surface area contributed by atoms with Crippen molar-refractivity contribution in [2.45, 2.75) is 19.8 Å². The smallest absolute Gasteiger partial charge is 0.209 e. The number of hydrogen-bond donors (Lipinski definition) is 0. The van der Waals surface area contributed by atoms with Gasteiger partial charge in [-0.2, -0.15) is 0 Å². The van der Waals surface area contributed by atoms with Gasteiger partial charge >= 0.3 is 0 Å². The van der Waals surface area contributed by atoms with Crippen LogP contribution in [0, 0.1) is 6.20 Å². The van der Waals surface area contributed by atoms with Crippen LogP contribution in [0.4, 0.5) is 0 Å². The van der Waals surface area contributed by atoms with E-state index in [-0.39, 0.29) is 0 Å². The van der Waals surface area contributed by atoms with Gasteiger partial charge in [-0.3, -0.25) is 0 Å². The van der Waals surface area contributed by atoms with Crippen molar-refractivity contribution in [1.82, 2.24) is 5.16 Å². The number of rotatable bonds is 5.